The highest BCUT2D eigenvalue weighted by molar-refractivity contribution is 5.82. The SMILES string of the molecule is CN(C(=O)C1CCCN1)C1CCNC1. The summed E-state index contributed by atoms with van der Waals surface area (Å²) in [6.45, 7) is 2.99. The molecule has 0 saturated carbocycles. The van der Waals surface area contributed by atoms with Gasteiger partial charge in [0.15, 0.2) is 0 Å². The van der Waals surface area contributed by atoms with Gasteiger partial charge in [-0.3, -0.25) is 4.79 Å². The van der Waals surface area contributed by atoms with Crippen molar-refractivity contribution in [1.82, 2.24) is 15.5 Å². The van der Waals surface area contributed by atoms with Gasteiger partial charge in [-0.2, -0.15) is 0 Å². The van der Waals surface area contributed by atoms with E-state index in [4.69, 9.17) is 0 Å². The van der Waals surface area contributed by atoms with Gasteiger partial charge in [0, 0.05) is 19.6 Å². The van der Waals surface area contributed by atoms with Gasteiger partial charge in [0.2, 0.25) is 5.91 Å². The topological polar surface area (TPSA) is 44.4 Å². The number of likely N-dealkylation sites (N-methyl/N-ethyl adjacent to an activating group) is 1. The molecule has 2 N–H and O–H groups in total. The summed E-state index contributed by atoms with van der Waals surface area (Å²) in [5.74, 6) is 0.274. The van der Waals surface area contributed by atoms with Gasteiger partial charge in [-0.05, 0) is 32.4 Å². The van der Waals surface area contributed by atoms with Gasteiger partial charge < -0.3 is 15.5 Å². The van der Waals surface area contributed by atoms with Crippen LogP contribution in [0.5, 0.6) is 0 Å². The quantitative estimate of drug-likeness (QED) is 0.631. The molecule has 2 saturated heterocycles. The predicted octanol–water partition coefficient (Wildman–Crippen LogP) is -0.441. The Morgan fingerprint density at radius 2 is 2.21 bits per heavy atom. The summed E-state index contributed by atoms with van der Waals surface area (Å²) < 4.78 is 0. The molecule has 2 fully saturated rings. The number of nitrogens with one attached hydrogen (secondary N) is 2. The van der Waals surface area contributed by atoms with Crippen molar-refractivity contribution in [2.75, 3.05) is 26.7 Å². The number of hydrogen-bond donors (Lipinski definition) is 2. The normalized spacial score (nSPS) is 32.1. The van der Waals surface area contributed by atoms with Crippen molar-refractivity contribution in [3.05, 3.63) is 0 Å². The van der Waals surface area contributed by atoms with Crippen molar-refractivity contribution in [3.63, 3.8) is 0 Å². The first-order valence-corrected chi connectivity index (χ1v) is 5.50. The summed E-state index contributed by atoms with van der Waals surface area (Å²) >= 11 is 0. The minimum Gasteiger partial charge on any atom is -0.340 e. The fourth-order valence-electron chi connectivity index (χ4n) is 2.29. The first-order chi connectivity index (χ1) is 6.79. The van der Waals surface area contributed by atoms with Gasteiger partial charge in [0.1, 0.15) is 0 Å². The van der Waals surface area contributed by atoms with Crippen molar-refractivity contribution in [2.45, 2.75) is 31.3 Å². The number of nitrogens with zero attached hydrogens (tertiary/aromatic N) is 1. The zero-order valence-corrected chi connectivity index (χ0v) is 8.75. The van der Waals surface area contributed by atoms with Crippen LogP contribution >= 0.6 is 0 Å². The van der Waals surface area contributed by atoms with E-state index in [9.17, 15) is 4.79 Å². The van der Waals surface area contributed by atoms with E-state index in [0.29, 0.717) is 6.04 Å². The number of amides is 1. The minimum atomic E-state index is 0.0839. The van der Waals surface area contributed by atoms with Crippen molar-refractivity contribution in [2.24, 2.45) is 0 Å². The zero-order chi connectivity index (χ0) is 9.97. The fraction of sp³-hybridized carbons (Fsp3) is 0.900. The predicted molar refractivity (Wildman–Crippen MR) is 55.1 cm³/mol. The van der Waals surface area contributed by atoms with E-state index in [1.54, 1.807) is 0 Å². The maximum absolute atomic E-state index is 12.0. The van der Waals surface area contributed by atoms with Crippen molar-refractivity contribution in [3.8, 4) is 0 Å². The number of carbonyl (C=O) groups is 1. The maximum atomic E-state index is 12.0. The first-order valence-electron chi connectivity index (χ1n) is 5.50. The molecule has 2 aliphatic heterocycles. The van der Waals surface area contributed by atoms with Gasteiger partial charge in [-0.1, -0.05) is 0 Å². The zero-order valence-electron chi connectivity index (χ0n) is 8.75. The molecule has 0 aromatic heterocycles. The van der Waals surface area contributed by atoms with Crippen LogP contribution in [0, 0.1) is 0 Å². The van der Waals surface area contributed by atoms with Crippen molar-refractivity contribution < 1.29 is 4.79 Å². The van der Waals surface area contributed by atoms with Crippen LogP contribution in [0.3, 0.4) is 0 Å². The molecule has 0 bridgehead atoms. The third-order valence-corrected chi connectivity index (χ3v) is 3.29. The van der Waals surface area contributed by atoms with Gasteiger partial charge in [0.05, 0.1) is 6.04 Å². The van der Waals surface area contributed by atoms with Gasteiger partial charge in [0.25, 0.3) is 0 Å². The van der Waals surface area contributed by atoms with Gasteiger partial charge >= 0.3 is 0 Å². The Morgan fingerprint density at radius 1 is 1.36 bits per heavy atom. The second-order valence-electron chi connectivity index (χ2n) is 4.24. The fourth-order valence-corrected chi connectivity index (χ4v) is 2.29. The molecule has 2 unspecified atom stereocenters. The summed E-state index contributed by atoms with van der Waals surface area (Å²) in [5, 5.41) is 6.53. The molecule has 2 aliphatic rings. The van der Waals surface area contributed by atoms with Crippen LogP contribution in [-0.4, -0.2) is 49.6 Å². The maximum Gasteiger partial charge on any atom is 0.239 e. The molecule has 0 aromatic carbocycles. The Hall–Kier alpha value is -0.610. The number of hydrogen-bond acceptors (Lipinski definition) is 3. The van der Waals surface area contributed by atoms with E-state index in [-0.39, 0.29) is 11.9 Å². The average molecular weight is 197 g/mol. The molecule has 0 spiro atoms. The van der Waals surface area contributed by atoms with Crippen LogP contribution in [0.25, 0.3) is 0 Å². The average Bonchev–Trinajstić information content (AvgIpc) is 2.87. The lowest BCUT2D eigenvalue weighted by Crippen LogP contribution is -2.47. The summed E-state index contributed by atoms with van der Waals surface area (Å²) in [5.41, 5.74) is 0. The molecule has 0 aliphatic carbocycles. The molecule has 2 rings (SSSR count). The Labute approximate surface area is 85.0 Å². The molecular weight excluding hydrogens is 178 g/mol. The molecule has 1 amide bonds. The van der Waals surface area contributed by atoms with E-state index in [0.717, 1.165) is 38.9 Å². The van der Waals surface area contributed by atoms with Crippen molar-refractivity contribution in [1.29, 1.82) is 0 Å². The van der Waals surface area contributed by atoms with Crippen LogP contribution in [0.1, 0.15) is 19.3 Å². The standard InChI is InChI=1S/C10H19N3O/c1-13(8-4-6-11-7-8)10(14)9-3-2-5-12-9/h8-9,11-12H,2-7H2,1H3. The Kier molecular flexibility index (Phi) is 3.03. The van der Waals surface area contributed by atoms with E-state index < -0.39 is 0 Å². The van der Waals surface area contributed by atoms with E-state index in [2.05, 4.69) is 10.6 Å². The first kappa shape index (κ1) is 9.93. The van der Waals surface area contributed by atoms with Crippen LogP contribution in [0.2, 0.25) is 0 Å². The van der Waals surface area contributed by atoms with Crippen LogP contribution in [0.4, 0.5) is 0 Å². The number of carbonyl (C=O) groups excluding carboxylic acids is 1. The molecule has 14 heavy (non-hydrogen) atoms. The lowest BCUT2D eigenvalue weighted by atomic mass is 10.1. The molecule has 0 radical (unpaired) electrons. The smallest absolute Gasteiger partial charge is 0.239 e. The second-order valence-corrected chi connectivity index (χ2v) is 4.24. The highest BCUT2D eigenvalue weighted by Crippen LogP contribution is 2.12. The minimum absolute atomic E-state index is 0.0839. The van der Waals surface area contributed by atoms with Crippen LogP contribution in [0.15, 0.2) is 0 Å². The third kappa shape index (κ3) is 1.91. The molecule has 4 nitrogen and oxygen atoms in total. The molecule has 4 heteroatoms. The highest BCUT2D eigenvalue weighted by atomic mass is 16.2. The third-order valence-electron chi connectivity index (χ3n) is 3.29. The molecule has 2 heterocycles. The molecular formula is C10H19N3O. The summed E-state index contributed by atoms with van der Waals surface area (Å²) in [6.07, 6.45) is 3.23. The molecule has 0 aromatic rings. The van der Waals surface area contributed by atoms with Crippen LogP contribution in [-0.2, 0) is 4.79 Å². The van der Waals surface area contributed by atoms with Gasteiger partial charge in [-0.15, -0.1) is 0 Å². The Balaban J connectivity index is 1.89. The summed E-state index contributed by atoms with van der Waals surface area (Å²) in [6, 6.07) is 0.491. The van der Waals surface area contributed by atoms with Gasteiger partial charge in [-0.25, -0.2) is 0 Å². The highest BCUT2D eigenvalue weighted by Gasteiger charge is 2.29. The summed E-state index contributed by atoms with van der Waals surface area (Å²) in [7, 11) is 1.93. The summed E-state index contributed by atoms with van der Waals surface area (Å²) in [4.78, 5) is 13.9. The monoisotopic (exact) mass is 197 g/mol. The largest absolute Gasteiger partial charge is 0.340 e. The second kappa shape index (κ2) is 4.28. The number of rotatable bonds is 2. The molecule has 2 atom stereocenters. The Morgan fingerprint density at radius 3 is 2.79 bits per heavy atom. The molecule has 80 valence electrons. The lowest BCUT2D eigenvalue weighted by Gasteiger charge is -2.26. The lowest BCUT2D eigenvalue weighted by molar-refractivity contribution is -0.133. The van der Waals surface area contributed by atoms with E-state index >= 15 is 0 Å². The van der Waals surface area contributed by atoms with E-state index in [1.807, 2.05) is 11.9 Å². The Bertz CT molecular complexity index is 207. The van der Waals surface area contributed by atoms with Crippen LogP contribution < -0.4 is 10.6 Å². The van der Waals surface area contributed by atoms with Crippen molar-refractivity contribution >= 4 is 5.91 Å². The van der Waals surface area contributed by atoms with E-state index in [1.165, 1.54) is 0 Å².